The van der Waals surface area contributed by atoms with E-state index in [4.69, 9.17) is 9.47 Å². The lowest BCUT2D eigenvalue weighted by Crippen LogP contribution is -2.42. The molecule has 0 unspecified atom stereocenters. The van der Waals surface area contributed by atoms with Crippen molar-refractivity contribution in [1.82, 2.24) is 14.9 Å². The van der Waals surface area contributed by atoms with E-state index in [1.165, 1.54) is 11.3 Å². The summed E-state index contributed by atoms with van der Waals surface area (Å²) < 4.78 is 12.3. The minimum atomic E-state index is 0.0673. The molecule has 0 amide bonds. The third-order valence-corrected chi connectivity index (χ3v) is 5.62. The number of thiazole rings is 1. The molecular formula is C17H21N3O2S. The number of likely N-dealkylation sites (tertiary alicyclic amines) is 1. The third kappa shape index (κ3) is 3.11. The summed E-state index contributed by atoms with van der Waals surface area (Å²) in [6, 6.07) is 4.30. The van der Waals surface area contributed by atoms with E-state index in [1.807, 2.05) is 17.6 Å². The molecule has 2 aliphatic heterocycles. The van der Waals surface area contributed by atoms with Crippen molar-refractivity contribution in [1.29, 1.82) is 0 Å². The molecule has 0 bridgehead atoms. The molecule has 2 saturated heterocycles. The van der Waals surface area contributed by atoms with Crippen LogP contribution in [0.1, 0.15) is 23.4 Å². The van der Waals surface area contributed by atoms with Crippen LogP contribution in [-0.2, 0) is 11.3 Å². The Labute approximate surface area is 140 Å². The molecule has 2 aliphatic rings. The van der Waals surface area contributed by atoms with Crippen LogP contribution in [0.2, 0.25) is 0 Å². The van der Waals surface area contributed by atoms with Gasteiger partial charge in [-0.2, -0.15) is 0 Å². The molecule has 2 aromatic rings. The van der Waals surface area contributed by atoms with Gasteiger partial charge in [-0.25, -0.2) is 4.98 Å². The van der Waals surface area contributed by atoms with Gasteiger partial charge in [0.15, 0.2) is 0 Å². The smallest absolute Gasteiger partial charge is 0.139 e. The lowest BCUT2D eigenvalue weighted by molar-refractivity contribution is -0.0471. The number of aryl methyl sites for hydroxylation is 1. The van der Waals surface area contributed by atoms with Crippen molar-refractivity contribution >= 4 is 11.3 Å². The fourth-order valence-corrected chi connectivity index (χ4v) is 4.34. The Morgan fingerprint density at radius 1 is 1.48 bits per heavy atom. The third-order valence-electron chi connectivity index (χ3n) is 4.70. The van der Waals surface area contributed by atoms with Crippen molar-refractivity contribution in [3.63, 3.8) is 0 Å². The summed E-state index contributed by atoms with van der Waals surface area (Å²) in [6.45, 7) is 4.75. The predicted octanol–water partition coefficient (Wildman–Crippen LogP) is 2.66. The zero-order valence-corrected chi connectivity index (χ0v) is 14.0. The fraction of sp³-hybridized carbons (Fsp3) is 0.529. The molecule has 23 heavy (non-hydrogen) atoms. The highest BCUT2D eigenvalue weighted by Crippen LogP contribution is 2.33. The molecule has 5 nitrogen and oxygen atoms in total. The summed E-state index contributed by atoms with van der Waals surface area (Å²) in [7, 11) is 0. The van der Waals surface area contributed by atoms with E-state index in [1.54, 1.807) is 23.7 Å². The van der Waals surface area contributed by atoms with Crippen LogP contribution in [0, 0.1) is 6.92 Å². The Morgan fingerprint density at radius 3 is 3.22 bits per heavy atom. The molecule has 3 atom stereocenters. The molecule has 4 heterocycles. The van der Waals surface area contributed by atoms with Crippen molar-refractivity contribution in [2.75, 3.05) is 13.2 Å². The van der Waals surface area contributed by atoms with Crippen molar-refractivity contribution in [2.24, 2.45) is 0 Å². The van der Waals surface area contributed by atoms with Crippen molar-refractivity contribution in [3.05, 3.63) is 40.6 Å². The first-order valence-electron chi connectivity index (χ1n) is 8.12. The van der Waals surface area contributed by atoms with Crippen LogP contribution < -0.4 is 4.74 Å². The van der Waals surface area contributed by atoms with Gasteiger partial charge in [0, 0.05) is 36.8 Å². The van der Waals surface area contributed by atoms with Crippen LogP contribution in [0.25, 0.3) is 0 Å². The number of nitrogens with zero attached hydrogens (tertiary/aromatic N) is 3. The van der Waals surface area contributed by atoms with Crippen molar-refractivity contribution in [3.8, 4) is 5.75 Å². The van der Waals surface area contributed by atoms with Crippen LogP contribution in [-0.4, -0.2) is 46.3 Å². The zero-order valence-electron chi connectivity index (χ0n) is 13.2. The van der Waals surface area contributed by atoms with Gasteiger partial charge in [-0.3, -0.25) is 9.88 Å². The number of aromatic nitrogens is 2. The van der Waals surface area contributed by atoms with Gasteiger partial charge in [-0.15, -0.1) is 11.3 Å². The first kappa shape index (κ1) is 15.1. The number of fused-ring (bicyclic) bond motifs is 1. The molecule has 122 valence electrons. The maximum Gasteiger partial charge on any atom is 0.139 e. The minimum absolute atomic E-state index is 0.0673. The Morgan fingerprint density at radius 2 is 2.43 bits per heavy atom. The van der Waals surface area contributed by atoms with Crippen molar-refractivity contribution < 1.29 is 9.47 Å². The molecule has 6 heteroatoms. The molecule has 2 aromatic heterocycles. The maximum atomic E-state index is 6.18. The Hall–Kier alpha value is -1.50. The largest absolute Gasteiger partial charge is 0.485 e. The predicted molar refractivity (Wildman–Crippen MR) is 88.7 cm³/mol. The zero-order chi connectivity index (χ0) is 15.6. The summed E-state index contributed by atoms with van der Waals surface area (Å²) in [5.41, 5.74) is 3.07. The van der Waals surface area contributed by atoms with Crippen LogP contribution in [0.5, 0.6) is 5.75 Å². The fourth-order valence-electron chi connectivity index (χ4n) is 3.54. The molecule has 0 N–H and O–H groups in total. The number of hydrogen-bond donors (Lipinski definition) is 0. The average molecular weight is 331 g/mol. The van der Waals surface area contributed by atoms with Crippen LogP contribution in [0.4, 0.5) is 0 Å². The van der Waals surface area contributed by atoms with Gasteiger partial charge in [0.05, 0.1) is 17.4 Å². The number of pyridine rings is 1. The minimum Gasteiger partial charge on any atom is -0.485 e. The Bertz CT molecular complexity index is 648. The van der Waals surface area contributed by atoms with E-state index in [-0.39, 0.29) is 12.2 Å². The van der Waals surface area contributed by atoms with E-state index in [0.717, 1.165) is 37.6 Å². The van der Waals surface area contributed by atoms with E-state index in [2.05, 4.69) is 21.8 Å². The number of ether oxygens (including phenoxy) is 2. The van der Waals surface area contributed by atoms with Gasteiger partial charge in [0.25, 0.3) is 0 Å². The molecule has 2 fully saturated rings. The average Bonchev–Trinajstić information content (AvgIpc) is 3.14. The van der Waals surface area contributed by atoms with E-state index < -0.39 is 0 Å². The lowest BCUT2D eigenvalue weighted by Gasteiger charge is -2.32. The van der Waals surface area contributed by atoms with Crippen LogP contribution >= 0.6 is 11.3 Å². The standard InChI is InChI=1S/C17H21N3O2S/c1-12-16(23-11-19-12)10-20-9-15(17-14(20)5-3-7-21-17)22-13-4-2-6-18-8-13/h2,4,6,8,11,14-15,17H,3,5,7,9-10H2,1H3/t14-,15+,17+/m1/s1. The summed E-state index contributed by atoms with van der Waals surface area (Å²) in [5, 5.41) is 0. The Kier molecular flexibility index (Phi) is 4.29. The van der Waals surface area contributed by atoms with E-state index in [9.17, 15) is 0 Å². The van der Waals surface area contributed by atoms with E-state index >= 15 is 0 Å². The van der Waals surface area contributed by atoms with Gasteiger partial charge in [-0.1, -0.05) is 0 Å². The van der Waals surface area contributed by atoms with Crippen molar-refractivity contribution in [2.45, 2.75) is 44.6 Å². The van der Waals surface area contributed by atoms with E-state index in [0.29, 0.717) is 6.04 Å². The number of hydrogen-bond acceptors (Lipinski definition) is 6. The molecule has 0 aromatic carbocycles. The van der Waals surface area contributed by atoms with Gasteiger partial charge >= 0.3 is 0 Å². The van der Waals surface area contributed by atoms with Gasteiger partial charge in [0.1, 0.15) is 18.0 Å². The normalized spacial score (nSPS) is 27.8. The quantitative estimate of drug-likeness (QED) is 0.862. The molecule has 0 saturated carbocycles. The van der Waals surface area contributed by atoms with Crippen LogP contribution in [0.3, 0.4) is 0 Å². The van der Waals surface area contributed by atoms with Crippen LogP contribution in [0.15, 0.2) is 30.0 Å². The summed E-state index contributed by atoms with van der Waals surface area (Å²) in [5.74, 6) is 0.821. The number of rotatable bonds is 4. The topological polar surface area (TPSA) is 47.5 Å². The maximum absolute atomic E-state index is 6.18. The second-order valence-electron chi connectivity index (χ2n) is 6.18. The first-order valence-corrected chi connectivity index (χ1v) is 9.00. The highest BCUT2D eigenvalue weighted by molar-refractivity contribution is 7.09. The molecule has 0 aliphatic carbocycles. The van der Waals surface area contributed by atoms with Gasteiger partial charge in [-0.05, 0) is 31.9 Å². The summed E-state index contributed by atoms with van der Waals surface area (Å²) in [4.78, 5) is 12.4. The highest BCUT2D eigenvalue weighted by atomic mass is 32.1. The monoisotopic (exact) mass is 331 g/mol. The Balaban J connectivity index is 1.51. The summed E-state index contributed by atoms with van der Waals surface area (Å²) in [6.07, 6.45) is 6.05. The van der Waals surface area contributed by atoms with Gasteiger partial charge < -0.3 is 9.47 Å². The molecule has 0 radical (unpaired) electrons. The summed E-state index contributed by atoms with van der Waals surface area (Å²) >= 11 is 1.74. The SMILES string of the molecule is Cc1ncsc1CN1C[C@H](Oc2cccnc2)[C@H]2OCCC[C@H]21. The second-order valence-corrected chi connectivity index (χ2v) is 7.12. The molecule has 4 rings (SSSR count). The molecular weight excluding hydrogens is 310 g/mol. The second kappa shape index (κ2) is 6.55. The highest BCUT2D eigenvalue weighted by Gasteiger charge is 2.45. The lowest BCUT2D eigenvalue weighted by atomic mass is 10.0. The molecule has 0 spiro atoms. The first-order chi connectivity index (χ1) is 11.3. The van der Waals surface area contributed by atoms with Gasteiger partial charge in [0.2, 0.25) is 0 Å².